The molecule has 2 aliphatic heterocycles. The first-order valence-corrected chi connectivity index (χ1v) is 12.9. The molecule has 36 heavy (non-hydrogen) atoms. The number of esters is 1. The zero-order chi connectivity index (χ0) is 25.7. The van der Waals surface area contributed by atoms with Crippen molar-refractivity contribution in [3.63, 3.8) is 0 Å². The summed E-state index contributed by atoms with van der Waals surface area (Å²) in [6.07, 6.45) is 1.61. The Morgan fingerprint density at radius 2 is 1.78 bits per heavy atom. The number of sulfonamides is 1. The maximum absolute atomic E-state index is 12.8. The number of morpholine rings is 1. The number of nitrogens with one attached hydrogen (secondary N) is 1. The van der Waals surface area contributed by atoms with Crippen LogP contribution in [-0.2, 0) is 24.3 Å². The highest BCUT2D eigenvalue weighted by molar-refractivity contribution is 7.89. The molecule has 0 atom stereocenters. The van der Waals surface area contributed by atoms with Crippen LogP contribution >= 0.6 is 0 Å². The minimum absolute atomic E-state index is 0.0300. The molecule has 0 aromatic heterocycles. The number of hydrogen-bond acceptors (Lipinski definition) is 9. The summed E-state index contributed by atoms with van der Waals surface area (Å²) in [5.74, 6) is -1.57. The Balaban J connectivity index is 1.43. The minimum Gasteiger partial charge on any atom is -0.452 e. The van der Waals surface area contributed by atoms with Crippen LogP contribution in [0.5, 0.6) is 0 Å². The van der Waals surface area contributed by atoms with E-state index in [-0.39, 0.29) is 21.8 Å². The Kier molecular flexibility index (Phi) is 7.82. The van der Waals surface area contributed by atoms with E-state index in [1.165, 1.54) is 40.7 Å². The first-order valence-electron chi connectivity index (χ1n) is 11.4. The van der Waals surface area contributed by atoms with Crippen molar-refractivity contribution in [3.8, 4) is 0 Å². The predicted octanol–water partition coefficient (Wildman–Crippen LogP) is 2.01. The van der Waals surface area contributed by atoms with Crippen LogP contribution in [0.1, 0.15) is 23.2 Å². The Labute approximate surface area is 208 Å². The van der Waals surface area contributed by atoms with Crippen molar-refractivity contribution in [2.24, 2.45) is 0 Å². The molecule has 13 heteroatoms. The third kappa shape index (κ3) is 5.80. The number of nitro benzene ring substituents is 1. The summed E-state index contributed by atoms with van der Waals surface area (Å²) in [4.78, 5) is 37.8. The second-order valence-electron chi connectivity index (χ2n) is 8.32. The zero-order valence-electron chi connectivity index (χ0n) is 19.4. The molecule has 12 nitrogen and oxygen atoms in total. The molecule has 0 spiro atoms. The smallest absolute Gasteiger partial charge is 0.341 e. The molecule has 2 aromatic rings. The van der Waals surface area contributed by atoms with Gasteiger partial charge in [-0.25, -0.2) is 13.2 Å². The number of ether oxygens (including phenoxy) is 2. The van der Waals surface area contributed by atoms with E-state index in [9.17, 15) is 28.1 Å². The van der Waals surface area contributed by atoms with Crippen LogP contribution < -0.4 is 10.2 Å². The number of anilines is 2. The lowest BCUT2D eigenvalue weighted by Gasteiger charge is -2.30. The second-order valence-corrected chi connectivity index (χ2v) is 10.3. The lowest BCUT2D eigenvalue weighted by atomic mass is 10.1. The van der Waals surface area contributed by atoms with Gasteiger partial charge in [0.15, 0.2) is 6.61 Å². The average molecular weight is 519 g/mol. The van der Waals surface area contributed by atoms with Gasteiger partial charge in [0.05, 0.1) is 34.3 Å². The molecule has 192 valence electrons. The molecule has 2 heterocycles. The van der Waals surface area contributed by atoms with Crippen LogP contribution in [0.15, 0.2) is 47.4 Å². The van der Waals surface area contributed by atoms with E-state index in [0.29, 0.717) is 45.1 Å². The summed E-state index contributed by atoms with van der Waals surface area (Å²) in [5, 5.41) is 13.7. The van der Waals surface area contributed by atoms with Crippen LogP contribution in [0.2, 0.25) is 0 Å². The van der Waals surface area contributed by atoms with Gasteiger partial charge in [0, 0.05) is 44.0 Å². The van der Waals surface area contributed by atoms with Crippen molar-refractivity contribution < 1.29 is 32.4 Å². The summed E-state index contributed by atoms with van der Waals surface area (Å²) >= 11 is 0. The maximum Gasteiger partial charge on any atom is 0.341 e. The molecule has 0 radical (unpaired) electrons. The van der Waals surface area contributed by atoms with Crippen molar-refractivity contribution in [1.82, 2.24) is 4.31 Å². The van der Waals surface area contributed by atoms with Crippen molar-refractivity contribution in [3.05, 3.63) is 58.1 Å². The fraction of sp³-hybridized carbons (Fsp3) is 0.391. The topological polar surface area (TPSA) is 148 Å². The monoisotopic (exact) mass is 518 g/mol. The first kappa shape index (κ1) is 25.5. The highest BCUT2D eigenvalue weighted by Gasteiger charge is 2.27. The van der Waals surface area contributed by atoms with Crippen LogP contribution in [0, 0.1) is 10.1 Å². The van der Waals surface area contributed by atoms with E-state index >= 15 is 0 Å². The molecule has 4 rings (SSSR count). The second kappa shape index (κ2) is 11.0. The van der Waals surface area contributed by atoms with Gasteiger partial charge in [-0.3, -0.25) is 14.9 Å². The lowest BCUT2D eigenvalue weighted by molar-refractivity contribution is -0.384. The van der Waals surface area contributed by atoms with Crippen molar-refractivity contribution in [1.29, 1.82) is 0 Å². The standard InChI is InChI=1S/C23H26N4O8S/c28-22(24-17-4-3-5-19(14-17)36(32,33)26-8-1-2-9-26)16-35-23(29)20-15-18(27(30)31)6-7-21(20)25-10-12-34-13-11-25/h3-7,14-15H,1-2,8-13,16H2,(H,24,28). The van der Waals surface area contributed by atoms with Gasteiger partial charge in [0.1, 0.15) is 0 Å². The summed E-state index contributed by atoms with van der Waals surface area (Å²) in [5.41, 5.74) is 0.381. The molecule has 0 bridgehead atoms. The molecule has 2 aliphatic rings. The van der Waals surface area contributed by atoms with Gasteiger partial charge >= 0.3 is 5.97 Å². The molecule has 2 saturated heterocycles. The van der Waals surface area contributed by atoms with Crippen LogP contribution in [-0.4, -0.2) is 75.5 Å². The molecule has 1 N–H and O–H groups in total. The predicted molar refractivity (Wildman–Crippen MR) is 129 cm³/mol. The Morgan fingerprint density at radius 1 is 1.06 bits per heavy atom. The molecule has 0 unspecified atom stereocenters. The van der Waals surface area contributed by atoms with Crippen LogP contribution in [0.3, 0.4) is 0 Å². The Bertz CT molecular complexity index is 1250. The van der Waals surface area contributed by atoms with E-state index < -0.39 is 33.4 Å². The number of nitrogens with zero attached hydrogens (tertiary/aromatic N) is 3. The Morgan fingerprint density at radius 3 is 2.47 bits per heavy atom. The van der Waals surface area contributed by atoms with Gasteiger partial charge in [0.2, 0.25) is 10.0 Å². The maximum atomic E-state index is 12.8. The van der Waals surface area contributed by atoms with Gasteiger partial charge in [-0.1, -0.05) is 6.07 Å². The third-order valence-corrected chi connectivity index (χ3v) is 7.81. The molecule has 2 fully saturated rings. The van der Waals surface area contributed by atoms with E-state index in [1.54, 1.807) is 0 Å². The number of nitro groups is 1. The highest BCUT2D eigenvalue weighted by atomic mass is 32.2. The molecule has 0 saturated carbocycles. The number of benzene rings is 2. The van der Waals surface area contributed by atoms with E-state index in [2.05, 4.69) is 5.32 Å². The molecular weight excluding hydrogens is 492 g/mol. The van der Waals surface area contributed by atoms with Crippen LogP contribution in [0.4, 0.5) is 17.1 Å². The van der Waals surface area contributed by atoms with Crippen molar-refractivity contribution in [2.75, 3.05) is 56.2 Å². The minimum atomic E-state index is -3.66. The van der Waals surface area contributed by atoms with Gasteiger partial charge in [-0.05, 0) is 37.1 Å². The summed E-state index contributed by atoms with van der Waals surface area (Å²) in [7, 11) is -3.66. The van der Waals surface area contributed by atoms with E-state index in [4.69, 9.17) is 9.47 Å². The summed E-state index contributed by atoms with van der Waals surface area (Å²) in [6.45, 7) is 2.14. The zero-order valence-corrected chi connectivity index (χ0v) is 20.2. The average Bonchev–Trinajstić information content (AvgIpc) is 3.44. The fourth-order valence-electron chi connectivity index (χ4n) is 4.10. The van der Waals surface area contributed by atoms with Crippen molar-refractivity contribution >= 4 is 39.0 Å². The van der Waals surface area contributed by atoms with Gasteiger partial charge in [-0.15, -0.1) is 0 Å². The lowest BCUT2D eigenvalue weighted by Crippen LogP contribution is -2.37. The van der Waals surface area contributed by atoms with Gasteiger partial charge < -0.3 is 19.7 Å². The quantitative estimate of drug-likeness (QED) is 0.315. The molecule has 0 aliphatic carbocycles. The SMILES string of the molecule is O=C(COC(=O)c1cc([N+](=O)[O-])ccc1N1CCOCC1)Nc1cccc(S(=O)(=O)N2CCCC2)c1. The number of non-ortho nitro benzene ring substituents is 1. The molecule has 2 aromatic carbocycles. The molecule has 1 amide bonds. The third-order valence-electron chi connectivity index (χ3n) is 5.92. The van der Waals surface area contributed by atoms with Crippen LogP contribution in [0.25, 0.3) is 0 Å². The van der Waals surface area contributed by atoms with E-state index in [0.717, 1.165) is 18.9 Å². The fourth-order valence-corrected chi connectivity index (χ4v) is 5.66. The molecular formula is C23H26N4O8S. The van der Waals surface area contributed by atoms with Gasteiger partial charge in [-0.2, -0.15) is 4.31 Å². The normalized spacial score (nSPS) is 16.5. The highest BCUT2D eigenvalue weighted by Crippen LogP contribution is 2.27. The number of rotatable bonds is 8. The van der Waals surface area contributed by atoms with Crippen molar-refractivity contribution in [2.45, 2.75) is 17.7 Å². The summed E-state index contributed by atoms with van der Waals surface area (Å²) in [6, 6.07) is 9.76. The number of carbonyl (C=O) groups excluding carboxylic acids is 2. The summed E-state index contributed by atoms with van der Waals surface area (Å²) < 4.78 is 37.4. The first-order chi connectivity index (χ1) is 17.3. The number of hydrogen-bond donors (Lipinski definition) is 1. The largest absolute Gasteiger partial charge is 0.452 e. The van der Waals surface area contributed by atoms with Gasteiger partial charge in [0.25, 0.3) is 11.6 Å². The Hall–Kier alpha value is -3.55. The number of amides is 1. The van der Waals surface area contributed by atoms with E-state index in [1.807, 2.05) is 4.90 Å². The number of carbonyl (C=O) groups is 2.